The standard InChI is InChI=1S/C20H16ClFN2O4S/c21-14-1-5-16(6-2-14)23-20(25)13-28-18-9-11-19(12-10-18)29(26,27)24-17-7-3-15(22)4-8-17/h1-12,24H,13H2,(H,23,25). The zero-order valence-electron chi connectivity index (χ0n) is 14.9. The summed E-state index contributed by atoms with van der Waals surface area (Å²) >= 11 is 5.79. The van der Waals surface area contributed by atoms with Gasteiger partial charge < -0.3 is 10.1 Å². The lowest BCUT2D eigenvalue weighted by Gasteiger charge is -2.10. The largest absolute Gasteiger partial charge is 0.484 e. The number of anilines is 2. The van der Waals surface area contributed by atoms with Crippen LogP contribution >= 0.6 is 11.6 Å². The Bertz CT molecular complexity index is 1090. The van der Waals surface area contributed by atoms with Crippen LogP contribution in [-0.2, 0) is 14.8 Å². The number of amides is 1. The van der Waals surface area contributed by atoms with E-state index >= 15 is 0 Å². The van der Waals surface area contributed by atoms with Crippen molar-refractivity contribution in [2.75, 3.05) is 16.6 Å². The average Bonchev–Trinajstić information content (AvgIpc) is 2.70. The molecule has 0 atom stereocenters. The monoisotopic (exact) mass is 434 g/mol. The first kappa shape index (κ1) is 20.6. The molecule has 0 unspecified atom stereocenters. The van der Waals surface area contributed by atoms with Crippen molar-refractivity contribution >= 4 is 38.9 Å². The van der Waals surface area contributed by atoms with Crippen LogP contribution in [0.4, 0.5) is 15.8 Å². The van der Waals surface area contributed by atoms with Gasteiger partial charge in [0.15, 0.2) is 6.61 Å². The van der Waals surface area contributed by atoms with Crippen molar-refractivity contribution in [3.8, 4) is 5.75 Å². The van der Waals surface area contributed by atoms with Crippen molar-refractivity contribution in [1.82, 2.24) is 0 Å². The number of sulfonamides is 1. The number of rotatable bonds is 7. The Balaban J connectivity index is 1.57. The third-order valence-corrected chi connectivity index (χ3v) is 5.38. The Morgan fingerprint density at radius 1 is 0.897 bits per heavy atom. The first-order chi connectivity index (χ1) is 13.8. The lowest BCUT2D eigenvalue weighted by molar-refractivity contribution is -0.118. The van der Waals surface area contributed by atoms with Crippen molar-refractivity contribution in [3.63, 3.8) is 0 Å². The predicted octanol–water partition coefficient (Wildman–Crippen LogP) is 4.30. The SMILES string of the molecule is O=C(COc1ccc(S(=O)(=O)Nc2ccc(F)cc2)cc1)Nc1ccc(Cl)cc1. The van der Waals surface area contributed by atoms with Gasteiger partial charge in [0.1, 0.15) is 11.6 Å². The molecular weight excluding hydrogens is 419 g/mol. The van der Waals surface area contributed by atoms with Crippen LogP contribution in [0.25, 0.3) is 0 Å². The molecule has 0 aromatic heterocycles. The van der Waals surface area contributed by atoms with Gasteiger partial charge in [0.2, 0.25) is 0 Å². The van der Waals surface area contributed by atoms with Gasteiger partial charge in [-0.1, -0.05) is 11.6 Å². The Kier molecular flexibility index (Phi) is 6.36. The Morgan fingerprint density at radius 3 is 2.10 bits per heavy atom. The predicted molar refractivity (Wildman–Crippen MR) is 109 cm³/mol. The molecule has 0 aliphatic rings. The fourth-order valence-corrected chi connectivity index (χ4v) is 3.51. The normalized spacial score (nSPS) is 11.0. The fraction of sp³-hybridized carbons (Fsp3) is 0.0500. The van der Waals surface area contributed by atoms with E-state index in [-0.39, 0.29) is 23.1 Å². The minimum atomic E-state index is -3.84. The van der Waals surface area contributed by atoms with Crippen molar-refractivity contribution < 1.29 is 22.3 Å². The van der Waals surface area contributed by atoms with Crippen LogP contribution in [0.3, 0.4) is 0 Å². The molecule has 0 radical (unpaired) electrons. The van der Waals surface area contributed by atoms with Crippen molar-refractivity contribution in [3.05, 3.63) is 83.6 Å². The summed E-state index contributed by atoms with van der Waals surface area (Å²) in [6.45, 7) is -0.247. The van der Waals surface area contributed by atoms with Crippen molar-refractivity contribution in [2.24, 2.45) is 0 Å². The second kappa shape index (κ2) is 8.93. The van der Waals surface area contributed by atoms with Gasteiger partial charge in [-0.3, -0.25) is 9.52 Å². The summed E-state index contributed by atoms with van der Waals surface area (Å²) in [6.07, 6.45) is 0. The lowest BCUT2D eigenvalue weighted by Crippen LogP contribution is -2.20. The van der Waals surface area contributed by atoms with E-state index in [1.54, 1.807) is 24.3 Å². The molecule has 0 aliphatic carbocycles. The molecule has 0 saturated carbocycles. The molecule has 0 spiro atoms. The smallest absolute Gasteiger partial charge is 0.262 e. The molecular formula is C20H16ClFN2O4S. The van der Waals surface area contributed by atoms with Gasteiger partial charge >= 0.3 is 0 Å². The highest BCUT2D eigenvalue weighted by Crippen LogP contribution is 2.20. The Hall–Kier alpha value is -3.10. The summed E-state index contributed by atoms with van der Waals surface area (Å²) in [5, 5.41) is 3.21. The lowest BCUT2D eigenvalue weighted by atomic mass is 10.3. The number of benzene rings is 3. The van der Waals surface area contributed by atoms with Gasteiger partial charge in [-0.05, 0) is 72.8 Å². The number of nitrogens with one attached hydrogen (secondary N) is 2. The average molecular weight is 435 g/mol. The van der Waals surface area contributed by atoms with Crippen LogP contribution in [0.2, 0.25) is 5.02 Å². The Morgan fingerprint density at radius 2 is 1.48 bits per heavy atom. The van der Waals surface area contributed by atoms with Gasteiger partial charge in [0.05, 0.1) is 4.90 Å². The van der Waals surface area contributed by atoms with E-state index in [1.165, 1.54) is 36.4 Å². The molecule has 29 heavy (non-hydrogen) atoms. The minimum Gasteiger partial charge on any atom is -0.484 e. The summed E-state index contributed by atoms with van der Waals surface area (Å²) in [5.41, 5.74) is 0.821. The quantitative estimate of drug-likeness (QED) is 0.580. The van der Waals surface area contributed by atoms with Crippen LogP contribution in [-0.4, -0.2) is 20.9 Å². The maximum Gasteiger partial charge on any atom is 0.262 e. The van der Waals surface area contributed by atoms with Gasteiger partial charge in [0, 0.05) is 16.4 Å². The zero-order valence-corrected chi connectivity index (χ0v) is 16.5. The van der Waals surface area contributed by atoms with Crippen LogP contribution < -0.4 is 14.8 Å². The van der Waals surface area contributed by atoms with E-state index in [1.807, 2.05) is 0 Å². The van der Waals surface area contributed by atoms with E-state index in [9.17, 15) is 17.6 Å². The van der Waals surface area contributed by atoms with Crippen LogP contribution in [0, 0.1) is 5.82 Å². The molecule has 0 heterocycles. The van der Waals surface area contributed by atoms with Crippen LogP contribution in [0.5, 0.6) is 5.75 Å². The molecule has 3 aromatic carbocycles. The van der Waals surface area contributed by atoms with Gasteiger partial charge in [-0.2, -0.15) is 0 Å². The maximum atomic E-state index is 12.9. The first-order valence-electron chi connectivity index (χ1n) is 8.38. The van der Waals surface area contributed by atoms with Gasteiger partial charge in [-0.25, -0.2) is 12.8 Å². The fourth-order valence-electron chi connectivity index (χ4n) is 2.33. The molecule has 0 aliphatic heterocycles. The molecule has 150 valence electrons. The van der Waals surface area contributed by atoms with E-state index < -0.39 is 15.8 Å². The molecule has 9 heteroatoms. The van der Waals surface area contributed by atoms with Gasteiger partial charge in [-0.15, -0.1) is 0 Å². The number of hydrogen-bond acceptors (Lipinski definition) is 4. The summed E-state index contributed by atoms with van der Waals surface area (Å²) in [6, 6.07) is 17.2. The molecule has 0 bridgehead atoms. The number of ether oxygens (including phenoxy) is 1. The second-order valence-electron chi connectivity index (χ2n) is 5.93. The summed E-state index contributed by atoms with van der Waals surface area (Å²) in [4.78, 5) is 11.9. The zero-order chi connectivity index (χ0) is 20.9. The molecule has 3 rings (SSSR count). The maximum absolute atomic E-state index is 12.9. The third kappa shape index (κ3) is 5.94. The highest BCUT2D eigenvalue weighted by molar-refractivity contribution is 7.92. The number of halogens is 2. The molecule has 1 amide bonds. The number of hydrogen-bond donors (Lipinski definition) is 2. The third-order valence-electron chi connectivity index (χ3n) is 3.73. The highest BCUT2D eigenvalue weighted by atomic mass is 35.5. The van der Waals surface area contributed by atoms with Crippen molar-refractivity contribution in [2.45, 2.75) is 4.90 Å². The second-order valence-corrected chi connectivity index (χ2v) is 8.05. The highest BCUT2D eigenvalue weighted by Gasteiger charge is 2.14. The number of carbonyl (C=O) groups excluding carboxylic acids is 1. The Labute approximate surface area is 172 Å². The van der Waals surface area contributed by atoms with E-state index in [2.05, 4.69) is 10.0 Å². The molecule has 3 aromatic rings. The molecule has 6 nitrogen and oxygen atoms in total. The molecule has 0 saturated heterocycles. The van der Waals surface area contributed by atoms with Crippen molar-refractivity contribution in [1.29, 1.82) is 0 Å². The van der Waals surface area contributed by atoms with E-state index in [4.69, 9.17) is 16.3 Å². The van der Waals surface area contributed by atoms with E-state index in [0.29, 0.717) is 16.5 Å². The van der Waals surface area contributed by atoms with Crippen LogP contribution in [0.1, 0.15) is 0 Å². The number of carbonyl (C=O) groups is 1. The molecule has 0 fully saturated rings. The topological polar surface area (TPSA) is 84.5 Å². The van der Waals surface area contributed by atoms with Gasteiger partial charge in [0.25, 0.3) is 15.9 Å². The first-order valence-corrected chi connectivity index (χ1v) is 10.2. The summed E-state index contributed by atoms with van der Waals surface area (Å²) < 4.78 is 45.4. The minimum absolute atomic E-state index is 0.000194. The van der Waals surface area contributed by atoms with Crippen LogP contribution in [0.15, 0.2) is 77.7 Å². The molecule has 2 N–H and O–H groups in total. The van der Waals surface area contributed by atoms with E-state index in [0.717, 1.165) is 12.1 Å². The summed E-state index contributed by atoms with van der Waals surface area (Å²) in [7, 11) is -3.84. The summed E-state index contributed by atoms with van der Waals surface area (Å²) in [5.74, 6) is -0.506.